The Hall–Kier alpha value is -1.65. The zero-order valence-corrected chi connectivity index (χ0v) is 13.2. The topological polar surface area (TPSA) is 120 Å². The summed E-state index contributed by atoms with van der Waals surface area (Å²) in [6.45, 7) is 0.667. The van der Waals surface area contributed by atoms with Crippen molar-refractivity contribution < 1.29 is 17.9 Å². The number of methoxy groups -OCH3 is 1. The van der Waals surface area contributed by atoms with Gasteiger partial charge in [-0.05, 0) is 6.42 Å². The van der Waals surface area contributed by atoms with Crippen LogP contribution in [0.25, 0.3) is 0 Å². The van der Waals surface area contributed by atoms with Gasteiger partial charge in [-0.1, -0.05) is 0 Å². The van der Waals surface area contributed by atoms with Crippen LogP contribution in [-0.2, 0) is 26.6 Å². The minimum Gasteiger partial charge on any atom is -0.385 e. The highest BCUT2D eigenvalue weighted by molar-refractivity contribution is 7.89. The third kappa shape index (κ3) is 4.69. The van der Waals surface area contributed by atoms with Crippen molar-refractivity contribution >= 4 is 21.7 Å². The molecule has 0 saturated carbocycles. The van der Waals surface area contributed by atoms with Crippen LogP contribution in [0.2, 0.25) is 0 Å². The van der Waals surface area contributed by atoms with Crippen LogP contribution in [0.3, 0.4) is 0 Å². The molecule has 0 aliphatic heterocycles. The normalized spacial score (nSPS) is 11.8. The van der Waals surface area contributed by atoms with Gasteiger partial charge >= 0.3 is 0 Å². The molecule has 0 aliphatic rings. The van der Waals surface area contributed by atoms with Gasteiger partial charge in [-0.3, -0.25) is 9.48 Å². The molecule has 1 rings (SSSR count). The minimum absolute atomic E-state index is 0.0927. The number of carbonyl (C=O) groups is 1. The molecule has 9 nitrogen and oxygen atoms in total. The molecule has 0 unspecified atom stereocenters. The fourth-order valence-corrected chi connectivity index (χ4v) is 2.85. The maximum absolute atomic E-state index is 12.3. The second-order valence-electron chi connectivity index (χ2n) is 4.51. The summed E-state index contributed by atoms with van der Waals surface area (Å²) >= 11 is 0. The van der Waals surface area contributed by atoms with E-state index in [1.165, 1.54) is 17.9 Å². The minimum atomic E-state index is -3.84. The number of rotatable bonds is 8. The smallest absolute Gasteiger partial charge is 0.248 e. The second kappa shape index (κ2) is 7.38. The third-order valence-electron chi connectivity index (χ3n) is 2.72. The lowest BCUT2D eigenvalue weighted by Gasteiger charge is -2.16. The number of nitrogen functional groups attached to an aromatic ring is 1. The molecule has 0 aromatic carbocycles. The van der Waals surface area contributed by atoms with Crippen molar-refractivity contribution in [1.82, 2.24) is 19.4 Å². The van der Waals surface area contributed by atoms with Crippen molar-refractivity contribution in [1.29, 1.82) is 0 Å². The SMILES string of the molecule is COCCCNC(=O)CN(C)S(=O)(=O)c1cn(C)nc1N. The van der Waals surface area contributed by atoms with E-state index < -0.39 is 10.0 Å². The molecular weight excluding hydrogens is 298 g/mol. The van der Waals surface area contributed by atoms with Crippen molar-refractivity contribution in [3.63, 3.8) is 0 Å². The van der Waals surface area contributed by atoms with Gasteiger partial charge in [0.2, 0.25) is 15.9 Å². The lowest BCUT2D eigenvalue weighted by molar-refractivity contribution is -0.121. The number of amides is 1. The van der Waals surface area contributed by atoms with Crippen LogP contribution in [0, 0.1) is 0 Å². The Bertz CT molecular complexity index is 583. The first-order valence-electron chi connectivity index (χ1n) is 6.30. The number of anilines is 1. The molecule has 10 heteroatoms. The van der Waals surface area contributed by atoms with E-state index in [2.05, 4.69) is 10.4 Å². The van der Waals surface area contributed by atoms with E-state index in [-0.39, 0.29) is 23.2 Å². The number of nitrogens with zero attached hydrogens (tertiary/aromatic N) is 3. The summed E-state index contributed by atoms with van der Waals surface area (Å²) in [7, 11) is 0.614. The fourth-order valence-electron chi connectivity index (χ4n) is 1.64. The van der Waals surface area contributed by atoms with Gasteiger partial charge in [-0.2, -0.15) is 9.40 Å². The quantitative estimate of drug-likeness (QED) is 0.579. The van der Waals surface area contributed by atoms with E-state index in [9.17, 15) is 13.2 Å². The fraction of sp³-hybridized carbons (Fsp3) is 0.636. The number of sulfonamides is 1. The Morgan fingerprint density at radius 1 is 1.57 bits per heavy atom. The summed E-state index contributed by atoms with van der Waals surface area (Å²) in [6, 6.07) is 0. The van der Waals surface area contributed by atoms with Gasteiger partial charge in [0, 0.05) is 40.6 Å². The maximum Gasteiger partial charge on any atom is 0.248 e. The number of nitrogens with two attached hydrogens (primary N) is 1. The largest absolute Gasteiger partial charge is 0.385 e. The number of likely N-dealkylation sites (N-methyl/N-ethyl adjacent to an activating group) is 1. The van der Waals surface area contributed by atoms with E-state index in [1.54, 1.807) is 14.2 Å². The Labute approximate surface area is 124 Å². The molecule has 0 radical (unpaired) electrons. The molecule has 21 heavy (non-hydrogen) atoms. The van der Waals surface area contributed by atoms with E-state index in [4.69, 9.17) is 10.5 Å². The van der Waals surface area contributed by atoms with Crippen LogP contribution >= 0.6 is 0 Å². The molecule has 0 atom stereocenters. The summed E-state index contributed by atoms with van der Waals surface area (Å²) in [5.74, 6) is -0.482. The molecule has 3 N–H and O–H groups in total. The van der Waals surface area contributed by atoms with Crippen molar-refractivity contribution in [2.24, 2.45) is 7.05 Å². The molecule has 0 fully saturated rings. The van der Waals surface area contributed by atoms with Crippen molar-refractivity contribution in [3.8, 4) is 0 Å². The summed E-state index contributed by atoms with van der Waals surface area (Å²) in [6.07, 6.45) is 1.96. The molecular formula is C11H21N5O4S. The molecule has 1 heterocycles. The predicted molar refractivity (Wildman–Crippen MR) is 76.9 cm³/mol. The van der Waals surface area contributed by atoms with Crippen molar-refractivity contribution in [3.05, 3.63) is 6.20 Å². The first-order valence-corrected chi connectivity index (χ1v) is 7.74. The zero-order valence-electron chi connectivity index (χ0n) is 12.4. The van der Waals surface area contributed by atoms with Crippen LogP contribution in [0.5, 0.6) is 0 Å². The lowest BCUT2D eigenvalue weighted by Crippen LogP contribution is -2.38. The Morgan fingerprint density at radius 2 is 2.24 bits per heavy atom. The van der Waals surface area contributed by atoms with Gasteiger partial charge < -0.3 is 15.8 Å². The summed E-state index contributed by atoms with van der Waals surface area (Å²) < 4.78 is 31.6. The molecule has 1 aromatic rings. The van der Waals surface area contributed by atoms with Gasteiger partial charge in [0.25, 0.3) is 0 Å². The maximum atomic E-state index is 12.3. The standard InChI is InChI=1S/C11H21N5O4S/c1-15-7-9(11(12)14-15)21(18,19)16(2)8-10(17)13-5-4-6-20-3/h7H,4-6,8H2,1-3H3,(H2,12,14)(H,13,17). The van der Waals surface area contributed by atoms with Crippen LogP contribution in [0.15, 0.2) is 11.1 Å². The lowest BCUT2D eigenvalue weighted by atomic mass is 10.4. The van der Waals surface area contributed by atoms with E-state index >= 15 is 0 Å². The third-order valence-corrected chi connectivity index (χ3v) is 4.54. The van der Waals surface area contributed by atoms with Crippen LogP contribution in [-0.4, -0.2) is 62.3 Å². The number of aromatic nitrogens is 2. The van der Waals surface area contributed by atoms with Crippen LogP contribution in [0.1, 0.15) is 6.42 Å². The first kappa shape index (κ1) is 17.4. The van der Waals surface area contributed by atoms with Crippen molar-refractivity contribution in [2.75, 3.05) is 39.6 Å². The van der Waals surface area contributed by atoms with Gasteiger partial charge in [0.1, 0.15) is 4.90 Å². The molecule has 1 aromatic heterocycles. The molecule has 120 valence electrons. The monoisotopic (exact) mass is 319 g/mol. The van der Waals surface area contributed by atoms with Gasteiger partial charge in [-0.25, -0.2) is 8.42 Å². The summed E-state index contributed by atoms with van der Waals surface area (Å²) in [5, 5.41) is 6.40. The number of ether oxygens (including phenoxy) is 1. The van der Waals surface area contributed by atoms with Crippen LogP contribution in [0.4, 0.5) is 5.82 Å². The van der Waals surface area contributed by atoms with Gasteiger partial charge in [-0.15, -0.1) is 0 Å². The molecule has 0 saturated heterocycles. The Balaban J connectivity index is 2.63. The Kier molecular flexibility index (Phi) is 6.12. The molecule has 0 bridgehead atoms. The highest BCUT2D eigenvalue weighted by atomic mass is 32.2. The number of hydrogen-bond acceptors (Lipinski definition) is 6. The Morgan fingerprint density at radius 3 is 2.76 bits per heavy atom. The number of carbonyl (C=O) groups excluding carboxylic acids is 1. The van der Waals surface area contributed by atoms with Crippen LogP contribution < -0.4 is 11.1 Å². The highest BCUT2D eigenvalue weighted by Gasteiger charge is 2.27. The average molecular weight is 319 g/mol. The van der Waals surface area contributed by atoms with Gasteiger partial charge in [0.05, 0.1) is 6.54 Å². The molecule has 0 aliphatic carbocycles. The van der Waals surface area contributed by atoms with Crippen molar-refractivity contribution in [2.45, 2.75) is 11.3 Å². The zero-order chi connectivity index (χ0) is 16.0. The number of nitrogens with one attached hydrogen (secondary N) is 1. The van der Waals surface area contributed by atoms with Gasteiger partial charge in [0.15, 0.2) is 5.82 Å². The highest BCUT2D eigenvalue weighted by Crippen LogP contribution is 2.19. The van der Waals surface area contributed by atoms with E-state index in [1.807, 2.05) is 0 Å². The molecule has 1 amide bonds. The summed E-state index contributed by atoms with van der Waals surface area (Å²) in [4.78, 5) is 11.6. The van der Waals surface area contributed by atoms with E-state index in [0.29, 0.717) is 19.6 Å². The van der Waals surface area contributed by atoms with E-state index in [0.717, 1.165) is 4.31 Å². The number of hydrogen-bond donors (Lipinski definition) is 2. The summed E-state index contributed by atoms with van der Waals surface area (Å²) in [5.41, 5.74) is 5.56. The second-order valence-corrected chi connectivity index (χ2v) is 6.52. The molecule has 0 spiro atoms. The first-order chi connectivity index (χ1) is 9.78. The predicted octanol–water partition coefficient (Wildman–Crippen LogP) is -1.22. The average Bonchev–Trinajstić information content (AvgIpc) is 2.74. The number of aryl methyl sites for hydroxylation is 1.